The molecule has 1 fully saturated rings. The summed E-state index contributed by atoms with van der Waals surface area (Å²) >= 11 is 0. The summed E-state index contributed by atoms with van der Waals surface area (Å²) in [6.07, 6.45) is 8.56. The number of aliphatic hydroxyl groups is 1. The number of pyridine rings is 3. The Bertz CT molecular complexity index is 1340. The van der Waals surface area contributed by atoms with Crippen molar-refractivity contribution in [2.75, 3.05) is 5.32 Å². The van der Waals surface area contributed by atoms with Crippen molar-refractivity contribution in [1.82, 2.24) is 35.1 Å². The first-order chi connectivity index (χ1) is 14.7. The van der Waals surface area contributed by atoms with Crippen LogP contribution in [0.5, 0.6) is 0 Å². The molecule has 30 heavy (non-hydrogen) atoms. The number of hydrogen-bond donors (Lipinski definition) is 4. The predicted octanol–water partition coefficient (Wildman–Crippen LogP) is 3.10. The predicted molar refractivity (Wildman–Crippen MR) is 112 cm³/mol. The molecule has 1 atom stereocenters. The number of imidazole rings is 1. The first-order valence-corrected chi connectivity index (χ1v) is 9.80. The molecule has 9 nitrogen and oxygen atoms in total. The number of nitrogens with zero attached hydrogens (tertiary/aromatic N) is 5. The monoisotopic (exact) mass is 398 g/mol. The van der Waals surface area contributed by atoms with Crippen molar-refractivity contribution in [3.8, 4) is 22.6 Å². The lowest BCUT2D eigenvalue weighted by Gasteiger charge is -2.13. The van der Waals surface area contributed by atoms with E-state index < -0.39 is 6.23 Å². The lowest BCUT2D eigenvalue weighted by atomic mass is 10.1. The molecule has 0 radical (unpaired) electrons. The molecule has 5 aromatic heterocycles. The Morgan fingerprint density at radius 2 is 1.97 bits per heavy atom. The summed E-state index contributed by atoms with van der Waals surface area (Å²) in [7, 11) is 0. The Hall–Kier alpha value is -3.85. The molecule has 0 bridgehead atoms. The highest BCUT2D eigenvalue weighted by molar-refractivity contribution is 5.93. The molecule has 1 saturated carbocycles. The van der Waals surface area contributed by atoms with Crippen LogP contribution in [0.2, 0.25) is 0 Å². The van der Waals surface area contributed by atoms with Crippen molar-refractivity contribution in [2.24, 2.45) is 5.92 Å². The molecule has 0 aliphatic heterocycles. The van der Waals surface area contributed by atoms with E-state index in [1.54, 1.807) is 24.8 Å². The highest BCUT2D eigenvalue weighted by Gasteiger charge is 2.29. The normalized spacial score (nSPS) is 15.0. The molecular formula is C21H18N8O. The molecule has 1 aliphatic rings. The molecule has 9 heteroatoms. The van der Waals surface area contributed by atoms with Gasteiger partial charge in [-0.15, -0.1) is 0 Å². The van der Waals surface area contributed by atoms with Crippen LogP contribution in [-0.2, 0) is 0 Å². The number of aromatic nitrogens is 7. The van der Waals surface area contributed by atoms with Crippen LogP contribution in [0, 0.1) is 5.92 Å². The van der Waals surface area contributed by atoms with Crippen molar-refractivity contribution in [3.05, 3.63) is 49.1 Å². The highest BCUT2D eigenvalue weighted by Crippen LogP contribution is 2.34. The molecule has 0 spiro atoms. The first kappa shape index (κ1) is 17.0. The van der Waals surface area contributed by atoms with E-state index >= 15 is 0 Å². The van der Waals surface area contributed by atoms with Gasteiger partial charge < -0.3 is 15.4 Å². The van der Waals surface area contributed by atoms with Crippen LogP contribution in [0.3, 0.4) is 0 Å². The van der Waals surface area contributed by atoms with E-state index in [9.17, 15) is 5.11 Å². The molecule has 5 aromatic rings. The zero-order chi connectivity index (χ0) is 20.1. The van der Waals surface area contributed by atoms with Crippen LogP contribution < -0.4 is 5.32 Å². The van der Waals surface area contributed by atoms with E-state index in [4.69, 9.17) is 0 Å². The fourth-order valence-electron chi connectivity index (χ4n) is 3.58. The van der Waals surface area contributed by atoms with Crippen LogP contribution in [0.15, 0.2) is 49.1 Å². The minimum Gasteiger partial charge on any atom is -0.374 e. The number of aromatic amines is 2. The third-order valence-electron chi connectivity index (χ3n) is 5.36. The quantitative estimate of drug-likeness (QED) is 0.335. The standard InChI is InChI=1S/C21H18N8O/c30-21(11-3-4-11)25-14-6-12(8-22-10-14)13-7-15-17(28-29-18(15)24-9-13)20-26-16-2-1-5-23-19(16)27-20/h1-2,5-11,21,25,30H,3-4H2,(H,23,26,27)(H,24,28,29). The number of hydrogen-bond acceptors (Lipinski definition) is 7. The summed E-state index contributed by atoms with van der Waals surface area (Å²) in [5.41, 5.74) is 5.44. The Morgan fingerprint density at radius 1 is 1.07 bits per heavy atom. The summed E-state index contributed by atoms with van der Waals surface area (Å²) in [6, 6.07) is 7.77. The van der Waals surface area contributed by atoms with Crippen molar-refractivity contribution in [2.45, 2.75) is 19.1 Å². The highest BCUT2D eigenvalue weighted by atomic mass is 16.3. The van der Waals surface area contributed by atoms with Crippen molar-refractivity contribution < 1.29 is 5.11 Å². The molecule has 0 amide bonds. The van der Waals surface area contributed by atoms with Gasteiger partial charge in [-0.2, -0.15) is 5.10 Å². The SMILES string of the molecule is OC(Nc1cncc(-c2cnc3n[nH]c(-c4nc5ncccc5[nH]4)c3c2)c1)C1CC1. The third-order valence-corrected chi connectivity index (χ3v) is 5.36. The van der Waals surface area contributed by atoms with Crippen LogP contribution in [-0.4, -0.2) is 46.5 Å². The number of rotatable bonds is 5. The van der Waals surface area contributed by atoms with E-state index in [0.29, 0.717) is 23.0 Å². The number of H-pyrrole nitrogens is 2. The van der Waals surface area contributed by atoms with Gasteiger partial charge in [0.1, 0.15) is 11.9 Å². The van der Waals surface area contributed by atoms with Gasteiger partial charge in [0.25, 0.3) is 0 Å². The maximum absolute atomic E-state index is 10.2. The molecule has 0 aromatic carbocycles. The lowest BCUT2D eigenvalue weighted by Crippen LogP contribution is -2.20. The minimum atomic E-state index is -0.537. The molecular weight excluding hydrogens is 380 g/mol. The Morgan fingerprint density at radius 3 is 2.83 bits per heavy atom. The second kappa shape index (κ2) is 6.60. The summed E-state index contributed by atoms with van der Waals surface area (Å²) in [5.74, 6) is 0.990. The lowest BCUT2D eigenvalue weighted by molar-refractivity contribution is 0.180. The third kappa shape index (κ3) is 2.96. The minimum absolute atomic E-state index is 0.332. The smallest absolute Gasteiger partial charge is 0.181 e. The average molecular weight is 398 g/mol. The molecule has 1 aliphatic carbocycles. The van der Waals surface area contributed by atoms with Gasteiger partial charge in [-0.05, 0) is 37.1 Å². The molecule has 0 saturated heterocycles. The molecule has 5 heterocycles. The van der Waals surface area contributed by atoms with Gasteiger partial charge in [0.05, 0.1) is 22.8 Å². The van der Waals surface area contributed by atoms with Gasteiger partial charge in [-0.1, -0.05) is 0 Å². The van der Waals surface area contributed by atoms with E-state index in [1.807, 2.05) is 24.3 Å². The van der Waals surface area contributed by atoms with Crippen LogP contribution in [0.25, 0.3) is 44.8 Å². The van der Waals surface area contributed by atoms with Gasteiger partial charge in [0, 0.05) is 35.6 Å². The number of anilines is 1. The van der Waals surface area contributed by atoms with Gasteiger partial charge in [-0.3, -0.25) is 10.1 Å². The van der Waals surface area contributed by atoms with E-state index in [2.05, 4.69) is 40.4 Å². The van der Waals surface area contributed by atoms with Crippen LogP contribution in [0.1, 0.15) is 12.8 Å². The van der Waals surface area contributed by atoms with E-state index in [0.717, 1.165) is 46.3 Å². The van der Waals surface area contributed by atoms with Crippen LogP contribution in [0.4, 0.5) is 5.69 Å². The fraction of sp³-hybridized carbons (Fsp3) is 0.190. The van der Waals surface area contributed by atoms with E-state index in [-0.39, 0.29) is 0 Å². The van der Waals surface area contributed by atoms with Gasteiger partial charge in [-0.25, -0.2) is 15.0 Å². The first-order valence-electron chi connectivity index (χ1n) is 9.80. The van der Waals surface area contributed by atoms with Gasteiger partial charge in [0.2, 0.25) is 0 Å². The maximum Gasteiger partial charge on any atom is 0.181 e. The number of aliphatic hydroxyl groups excluding tert-OH is 1. The average Bonchev–Trinajstić information content (AvgIpc) is 3.40. The summed E-state index contributed by atoms with van der Waals surface area (Å²) < 4.78 is 0. The Kier molecular flexibility index (Phi) is 3.75. The second-order valence-corrected chi connectivity index (χ2v) is 7.54. The zero-order valence-corrected chi connectivity index (χ0v) is 15.9. The van der Waals surface area contributed by atoms with Gasteiger partial charge >= 0.3 is 0 Å². The summed E-state index contributed by atoms with van der Waals surface area (Å²) in [5, 5.41) is 21.5. The second-order valence-electron chi connectivity index (χ2n) is 7.54. The fourth-order valence-corrected chi connectivity index (χ4v) is 3.58. The molecule has 4 N–H and O–H groups in total. The Labute approximate surface area is 170 Å². The Balaban J connectivity index is 1.39. The van der Waals surface area contributed by atoms with E-state index in [1.165, 1.54) is 0 Å². The maximum atomic E-state index is 10.2. The molecule has 148 valence electrons. The number of nitrogens with one attached hydrogen (secondary N) is 3. The van der Waals surface area contributed by atoms with Crippen molar-refractivity contribution >= 4 is 27.9 Å². The van der Waals surface area contributed by atoms with Crippen molar-refractivity contribution in [1.29, 1.82) is 0 Å². The topological polar surface area (TPSA) is 128 Å². The largest absolute Gasteiger partial charge is 0.374 e. The van der Waals surface area contributed by atoms with Crippen molar-refractivity contribution in [3.63, 3.8) is 0 Å². The zero-order valence-electron chi connectivity index (χ0n) is 15.9. The summed E-state index contributed by atoms with van der Waals surface area (Å²) in [6.45, 7) is 0. The number of fused-ring (bicyclic) bond motifs is 2. The summed E-state index contributed by atoms with van der Waals surface area (Å²) in [4.78, 5) is 20.9. The van der Waals surface area contributed by atoms with Crippen LogP contribution >= 0.6 is 0 Å². The molecule has 1 unspecified atom stereocenters. The van der Waals surface area contributed by atoms with Gasteiger partial charge in [0.15, 0.2) is 17.1 Å². The molecule has 6 rings (SSSR count).